The van der Waals surface area contributed by atoms with Gasteiger partial charge in [-0.3, -0.25) is 4.98 Å². The van der Waals surface area contributed by atoms with E-state index in [0.717, 1.165) is 48.1 Å². The number of nitrogens with one attached hydrogen (secondary N) is 1. The van der Waals surface area contributed by atoms with Crippen molar-refractivity contribution in [3.05, 3.63) is 48.9 Å². The number of piperidine rings is 1. The molecule has 0 bridgehead atoms. The van der Waals surface area contributed by atoms with E-state index in [2.05, 4.69) is 31.2 Å². The molecule has 1 saturated heterocycles. The third-order valence-electron chi connectivity index (χ3n) is 5.03. The van der Waals surface area contributed by atoms with E-state index in [9.17, 15) is 4.79 Å². The van der Waals surface area contributed by atoms with Crippen molar-refractivity contribution in [1.82, 2.24) is 20.3 Å². The molecule has 156 valence electrons. The highest BCUT2D eigenvalue weighted by Crippen LogP contribution is 2.30. The number of aromatic nitrogens is 3. The molecule has 2 aromatic heterocycles. The average molecular weight is 406 g/mol. The lowest BCUT2D eigenvalue weighted by Gasteiger charge is -2.35. The summed E-state index contributed by atoms with van der Waals surface area (Å²) in [7, 11) is 0. The summed E-state index contributed by atoms with van der Waals surface area (Å²) in [5.41, 5.74) is 2.48. The Morgan fingerprint density at radius 3 is 2.70 bits per heavy atom. The maximum Gasteiger partial charge on any atom is 0.407 e. The first-order chi connectivity index (χ1) is 14.4. The van der Waals surface area contributed by atoms with Gasteiger partial charge in [0.15, 0.2) is 5.82 Å². The third kappa shape index (κ3) is 4.67. The van der Waals surface area contributed by atoms with Crippen LogP contribution in [0, 0.1) is 0 Å². The number of rotatable bonds is 3. The fourth-order valence-corrected chi connectivity index (χ4v) is 3.78. The van der Waals surface area contributed by atoms with Gasteiger partial charge in [0.05, 0.1) is 5.52 Å². The lowest BCUT2D eigenvalue weighted by molar-refractivity contribution is 0.0500. The number of hydrogen-bond acceptors (Lipinski definition) is 6. The van der Waals surface area contributed by atoms with E-state index in [1.807, 2.05) is 51.2 Å². The Bertz CT molecular complexity index is 1030. The lowest BCUT2D eigenvalue weighted by Crippen LogP contribution is -2.49. The van der Waals surface area contributed by atoms with Crippen LogP contribution >= 0.6 is 0 Å². The second-order valence-electron chi connectivity index (χ2n) is 8.57. The Kier molecular flexibility index (Phi) is 5.53. The molecule has 3 heterocycles. The van der Waals surface area contributed by atoms with Gasteiger partial charge >= 0.3 is 6.09 Å². The number of anilines is 1. The van der Waals surface area contributed by atoms with Gasteiger partial charge in [-0.1, -0.05) is 0 Å². The van der Waals surface area contributed by atoms with E-state index < -0.39 is 5.60 Å². The van der Waals surface area contributed by atoms with E-state index in [-0.39, 0.29) is 12.1 Å². The van der Waals surface area contributed by atoms with Gasteiger partial charge in [-0.05, 0) is 63.9 Å². The zero-order valence-corrected chi connectivity index (χ0v) is 17.6. The van der Waals surface area contributed by atoms with Gasteiger partial charge in [0.2, 0.25) is 0 Å². The molecule has 0 radical (unpaired) electrons. The Morgan fingerprint density at radius 1 is 1.13 bits per heavy atom. The fourth-order valence-electron chi connectivity index (χ4n) is 3.78. The SMILES string of the molecule is CC(C)(C)OC(=O)N[C@H]1CCCN(c2ccnc3ccc(-c4ncccn4)cc23)C1. The molecule has 30 heavy (non-hydrogen) atoms. The van der Waals surface area contributed by atoms with Gasteiger partial charge in [-0.25, -0.2) is 14.8 Å². The number of fused-ring (bicyclic) bond motifs is 1. The fraction of sp³-hybridized carbons (Fsp3) is 0.391. The van der Waals surface area contributed by atoms with Crippen LogP contribution in [0.25, 0.3) is 22.3 Å². The maximum atomic E-state index is 12.2. The first-order valence-electron chi connectivity index (χ1n) is 10.3. The summed E-state index contributed by atoms with van der Waals surface area (Å²) in [5, 5.41) is 4.08. The van der Waals surface area contributed by atoms with Crippen molar-refractivity contribution in [1.29, 1.82) is 0 Å². The monoisotopic (exact) mass is 405 g/mol. The minimum atomic E-state index is -0.504. The zero-order valence-electron chi connectivity index (χ0n) is 17.6. The summed E-state index contributed by atoms with van der Waals surface area (Å²) in [6.07, 6.45) is 6.88. The Labute approximate surface area is 176 Å². The number of nitrogens with zero attached hydrogens (tertiary/aromatic N) is 4. The molecule has 4 rings (SSSR count). The second kappa shape index (κ2) is 8.26. The van der Waals surface area contributed by atoms with Crippen molar-refractivity contribution in [3.63, 3.8) is 0 Å². The van der Waals surface area contributed by atoms with Crippen molar-refractivity contribution in [2.75, 3.05) is 18.0 Å². The summed E-state index contributed by atoms with van der Waals surface area (Å²) < 4.78 is 5.42. The van der Waals surface area contributed by atoms with Crippen LogP contribution in [0.3, 0.4) is 0 Å². The average Bonchev–Trinajstić information content (AvgIpc) is 2.72. The highest BCUT2D eigenvalue weighted by atomic mass is 16.6. The Balaban J connectivity index is 1.58. The van der Waals surface area contributed by atoms with Gasteiger partial charge in [-0.15, -0.1) is 0 Å². The maximum absolute atomic E-state index is 12.2. The molecular weight excluding hydrogens is 378 g/mol. The predicted molar refractivity (Wildman–Crippen MR) is 117 cm³/mol. The Hall–Kier alpha value is -3.22. The van der Waals surface area contributed by atoms with Crippen LogP contribution in [0.4, 0.5) is 10.5 Å². The van der Waals surface area contributed by atoms with E-state index in [0.29, 0.717) is 5.82 Å². The molecule has 0 spiro atoms. The smallest absolute Gasteiger partial charge is 0.407 e. The van der Waals surface area contributed by atoms with E-state index in [1.165, 1.54) is 0 Å². The van der Waals surface area contributed by atoms with Crippen LogP contribution in [0.5, 0.6) is 0 Å². The van der Waals surface area contributed by atoms with Gasteiger partial charge < -0.3 is 15.0 Å². The van der Waals surface area contributed by atoms with Crippen molar-refractivity contribution in [3.8, 4) is 11.4 Å². The number of amides is 1. The first-order valence-corrected chi connectivity index (χ1v) is 10.3. The molecule has 1 aliphatic heterocycles. The van der Waals surface area contributed by atoms with Crippen LogP contribution in [0.2, 0.25) is 0 Å². The normalized spacial score (nSPS) is 17.0. The highest BCUT2D eigenvalue weighted by molar-refractivity contribution is 5.94. The van der Waals surface area contributed by atoms with Crippen LogP contribution in [-0.4, -0.2) is 45.8 Å². The van der Waals surface area contributed by atoms with Crippen molar-refractivity contribution < 1.29 is 9.53 Å². The highest BCUT2D eigenvalue weighted by Gasteiger charge is 2.25. The minimum Gasteiger partial charge on any atom is -0.444 e. The molecule has 0 aliphatic carbocycles. The third-order valence-corrected chi connectivity index (χ3v) is 5.03. The molecule has 1 amide bonds. The van der Waals surface area contributed by atoms with Crippen molar-refractivity contribution >= 4 is 22.7 Å². The summed E-state index contributed by atoms with van der Waals surface area (Å²) in [5.74, 6) is 0.692. The molecule has 1 fully saturated rings. The van der Waals surface area contributed by atoms with Gasteiger partial charge in [0.1, 0.15) is 5.60 Å². The van der Waals surface area contributed by atoms with Crippen LogP contribution in [0.1, 0.15) is 33.6 Å². The molecule has 1 aliphatic rings. The number of alkyl carbamates (subject to hydrolysis) is 1. The minimum absolute atomic E-state index is 0.0393. The molecule has 7 nitrogen and oxygen atoms in total. The van der Waals surface area contributed by atoms with Gasteiger partial charge in [-0.2, -0.15) is 0 Å². The summed E-state index contributed by atoms with van der Waals surface area (Å²) in [6.45, 7) is 7.27. The molecule has 1 N–H and O–H groups in total. The largest absolute Gasteiger partial charge is 0.444 e. The number of benzene rings is 1. The number of ether oxygens (including phenoxy) is 1. The predicted octanol–water partition coefficient (Wildman–Crippen LogP) is 4.19. The summed E-state index contributed by atoms with van der Waals surface area (Å²) in [6, 6.07) is 9.98. The van der Waals surface area contributed by atoms with E-state index >= 15 is 0 Å². The number of carbonyl (C=O) groups is 1. The molecule has 3 aromatic rings. The number of hydrogen-bond donors (Lipinski definition) is 1. The van der Waals surface area contributed by atoms with E-state index in [4.69, 9.17) is 4.74 Å². The van der Waals surface area contributed by atoms with Crippen LogP contribution < -0.4 is 10.2 Å². The van der Waals surface area contributed by atoms with Crippen LogP contribution in [-0.2, 0) is 4.74 Å². The van der Waals surface area contributed by atoms with Crippen molar-refractivity contribution in [2.45, 2.75) is 45.3 Å². The lowest BCUT2D eigenvalue weighted by atomic mass is 10.0. The topological polar surface area (TPSA) is 80.2 Å². The molecule has 0 saturated carbocycles. The molecule has 1 atom stereocenters. The first kappa shape index (κ1) is 20.1. The summed E-state index contributed by atoms with van der Waals surface area (Å²) >= 11 is 0. The molecule has 1 aromatic carbocycles. The summed E-state index contributed by atoms with van der Waals surface area (Å²) in [4.78, 5) is 27.8. The molecule has 0 unspecified atom stereocenters. The van der Waals surface area contributed by atoms with Gasteiger partial charge in [0.25, 0.3) is 0 Å². The van der Waals surface area contributed by atoms with Gasteiger partial charge in [0, 0.05) is 54.4 Å². The quantitative estimate of drug-likeness (QED) is 0.704. The Morgan fingerprint density at radius 2 is 1.93 bits per heavy atom. The number of pyridine rings is 1. The number of carbonyl (C=O) groups excluding carboxylic acids is 1. The zero-order chi connectivity index (χ0) is 21.1. The molecule has 7 heteroatoms. The van der Waals surface area contributed by atoms with E-state index in [1.54, 1.807) is 12.4 Å². The van der Waals surface area contributed by atoms with Crippen molar-refractivity contribution in [2.24, 2.45) is 0 Å². The van der Waals surface area contributed by atoms with Crippen LogP contribution in [0.15, 0.2) is 48.9 Å². The standard InChI is InChI=1S/C23H27N5O2/c1-23(2,3)30-22(29)27-17-6-4-13-28(15-17)20-9-12-24-19-8-7-16(14-18(19)20)21-25-10-5-11-26-21/h5,7-12,14,17H,4,6,13,15H2,1-3H3,(H,27,29)/t17-/m0/s1. The second-order valence-corrected chi connectivity index (χ2v) is 8.57. The molecular formula is C23H27N5O2.